The fourth-order valence-electron chi connectivity index (χ4n) is 7.03. The molecule has 0 rings (SSSR count). The van der Waals surface area contributed by atoms with Crippen molar-refractivity contribution in [3.05, 3.63) is 60.8 Å². The van der Waals surface area contributed by atoms with Gasteiger partial charge in [-0.05, 0) is 57.8 Å². The average molecular weight is 877 g/mol. The van der Waals surface area contributed by atoms with Gasteiger partial charge in [-0.1, -0.05) is 209 Å². The minimum atomic E-state index is -4.59. The van der Waals surface area contributed by atoms with Gasteiger partial charge in [0.25, 0.3) is 7.82 Å². The van der Waals surface area contributed by atoms with E-state index in [9.17, 15) is 19.4 Å². The predicted octanol–water partition coefficient (Wildman–Crippen LogP) is 14.0. The molecule has 8 nitrogen and oxygen atoms in total. The molecule has 9 heteroatoms. The number of hydrogen-bond donors (Lipinski definition) is 2. The molecule has 0 aromatic carbocycles. The molecule has 0 aliphatic heterocycles. The first-order valence-corrected chi connectivity index (χ1v) is 26.6. The Labute approximate surface area is 377 Å². The van der Waals surface area contributed by atoms with Crippen molar-refractivity contribution in [2.24, 2.45) is 0 Å². The summed E-state index contributed by atoms with van der Waals surface area (Å²) in [7, 11) is 1.25. The standard InChI is InChI=1S/C52H97N2O6P/c1-6-8-10-12-14-16-18-20-22-24-25-26-27-28-29-30-32-34-36-38-40-42-44-46-52(56)53-50(49-60-61(57,58)59-48-47-54(3,4)5)51(55)45-43-41-39-37-35-33-31-23-21-19-17-15-13-11-9-7-2/h8,10,14,16,20,22,25-26,43,45,50-51,55H,6-7,9,11-13,15,17-19,21,23-24,27-42,44,46-49H2,1-5H3,(H-,53,56,57,58)/b10-8-,16-14-,22-20-,26-25-,45-43+. The lowest BCUT2D eigenvalue weighted by atomic mass is 10.0. The summed E-state index contributed by atoms with van der Waals surface area (Å²) in [6, 6.07) is -0.890. The zero-order valence-corrected chi connectivity index (χ0v) is 41.2. The number of hydrogen-bond acceptors (Lipinski definition) is 6. The maximum atomic E-state index is 12.9. The van der Waals surface area contributed by atoms with Crippen molar-refractivity contribution in [3.8, 4) is 0 Å². The van der Waals surface area contributed by atoms with Crippen LogP contribution in [0.1, 0.15) is 213 Å². The number of quaternary nitrogens is 1. The second kappa shape index (κ2) is 43.5. The normalized spacial score (nSPS) is 14.7. The van der Waals surface area contributed by atoms with Gasteiger partial charge in [-0.15, -0.1) is 0 Å². The number of aliphatic hydroxyl groups excluding tert-OH is 1. The molecule has 0 saturated carbocycles. The van der Waals surface area contributed by atoms with Gasteiger partial charge >= 0.3 is 0 Å². The molecule has 0 bridgehead atoms. The van der Waals surface area contributed by atoms with Crippen LogP contribution in [0.2, 0.25) is 0 Å². The van der Waals surface area contributed by atoms with Crippen LogP contribution in [0.15, 0.2) is 60.8 Å². The molecule has 3 unspecified atom stereocenters. The predicted molar refractivity (Wildman–Crippen MR) is 261 cm³/mol. The van der Waals surface area contributed by atoms with Crippen molar-refractivity contribution >= 4 is 13.7 Å². The number of rotatable bonds is 45. The minimum absolute atomic E-state index is 0.00376. The number of unbranched alkanes of at least 4 members (excludes halogenated alkanes) is 24. The molecule has 0 heterocycles. The largest absolute Gasteiger partial charge is 0.756 e. The maximum absolute atomic E-state index is 12.9. The number of allylic oxidation sites excluding steroid dienone is 9. The lowest BCUT2D eigenvalue weighted by Crippen LogP contribution is -2.45. The van der Waals surface area contributed by atoms with Crippen molar-refractivity contribution in [1.29, 1.82) is 0 Å². The molecule has 0 fully saturated rings. The highest BCUT2D eigenvalue weighted by Gasteiger charge is 2.23. The monoisotopic (exact) mass is 877 g/mol. The number of nitrogens with zero attached hydrogens (tertiary/aromatic N) is 1. The third kappa shape index (κ3) is 46.0. The zero-order valence-electron chi connectivity index (χ0n) is 40.4. The van der Waals surface area contributed by atoms with Crippen molar-refractivity contribution in [3.63, 3.8) is 0 Å². The van der Waals surface area contributed by atoms with E-state index in [0.29, 0.717) is 17.4 Å². The first kappa shape index (κ1) is 59.2. The third-order valence-corrected chi connectivity index (χ3v) is 11.9. The molecule has 0 aliphatic rings. The number of nitrogens with one attached hydrogen (secondary N) is 1. The summed E-state index contributed by atoms with van der Waals surface area (Å²) in [5.74, 6) is -0.204. The molecule has 1 amide bonds. The summed E-state index contributed by atoms with van der Waals surface area (Å²) in [6.07, 6.45) is 56.9. The Morgan fingerprint density at radius 1 is 0.590 bits per heavy atom. The van der Waals surface area contributed by atoms with E-state index in [0.717, 1.165) is 64.2 Å². The van der Waals surface area contributed by atoms with Crippen LogP contribution in [0.3, 0.4) is 0 Å². The molecule has 61 heavy (non-hydrogen) atoms. The number of aliphatic hydroxyl groups is 1. The van der Waals surface area contributed by atoms with Gasteiger partial charge in [-0.3, -0.25) is 9.36 Å². The number of phosphoric ester groups is 1. The molecule has 0 aromatic heterocycles. The lowest BCUT2D eigenvalue weighted by molar-refractivity contribution is -0.870. The van der Waals surface area contributed by atoms with E-state index in [2.05, 4.69) is 67.8 Å². The molecule has 0 spiro atoms. The van der Waals surface area contributed by atoms with Gasteiger partial charge in [-0.25, -0.2) is 0 Å². The van der Waals surface area contributed by atoms with Crippen LogP contribution >= 0.6 is 7.82 Å². The first-order valence-electron chi connectivity index (χ1n) is 25.2. The molecule has 0 radical (unpaired) electrons. The number of likely N-dealkylation sites (N-methyl/N-ethyl adjacent to an activating group) is 1. The van der Waals surface area contributed by atoms with E-state index < -0.39 is 20.0 Å². The number of phosphoric acid groups is 1. The van der Waals surface area contributed by atoms with E-state index in [1.165, 1.54) is 128 Å². The van der Waals surface area contributed by atoms with Crippen molar-refractivity contribution in [2.45, 2.75) is 225 Å². The summed E-state index contributed by atoms with van der Waals surface area (Å²) in [5.41, 5.74) is 0. The van der Waals surface area contributed by atoms with Gasteiger partial charge in [-0.2, -0.15) is 0 Å². The Bertz CT molecular complexity index is 1180. The van der Waals surface area contributed by atoms with Gasteiger partial charge in [0.2, 0.25) is 5.91 Å². The second-order valence-electron chi connectivity index (χ2n) is 18.1. The van der Waals surface area contributed by atoms with E-state index in [1.54, 1.807) is 6.08 Å². The molecule has 3 atom stereocenters. The van der Waals surface area contributed by atoms with Gasteiger partial charge < -0.3 is 28.8 Å². The molecular formula is C52H97N2O6P. The van der Waals surface area contributed by atoms with Crippen LogP contribution in [-0.4, -0.2) is 68.5 Å². The van der Waals surface area contributed by atoms with Gasteiger partial charge in [0.15, 0.2) is 0 Å². The first-order chi connectivity index (χ1) is 29.5. The van der Waals surface area contributed by atoms with Crippen molar-refractivity contribution in [2.75, 3.05) is 40.9 Å². The van der Waals surface area contributed by atoms with Crippen LogP contribution in [0, 0.1) is 0 Å². The summed E-state index contributed by atoms with van der Waals surface area (Å²) >= 11 is 0. The fourth-order valence-corrected chi connectivity index (χ4v) is 7.75. The van der Waals surface area contributed by atoms with E-state index in [1.807, 2.05) is 27.2 Å². The van der Waals surface area contributed by atoms with Gasteiger partial charge in [0, 0.05) is 6.42 Å². The van der Waals surface area contributed by atoms with Crippen molar-refractivity contribution in [1.82, 2.24) is 5.32 Å². The van der Waals surface area contributed by atoms with Crippen LogP contribution in [0.4, 0.5) is 0 Å². The summed E-state index contributed by atoms with van der Waals surface area (Å²) in [4.78, 5) is 25.4. The Balaban J connectivity index is 4.31. The molecular weight excluding hydrogens is 780 g/mol. The second-order valence-corrected chi connectivity index (χ2v) is 19.6. The number of amides is 1. The molecule has 2 N–H and O–H groups in total. The number of carbonyl (C=O) groups is 1. The molecule has 0 aromatic rings. The Hall–Kier alpha value is -1.80. The Morgan fingerprint density at radius 3 is 1.46 bits per heavy atom. The van der Waals surface area contributed by atoms with Gasteiger partial charge in [0.05, 0.1) is 39.9 Å². The Morgan fingerprint density at radius 2 is 1.00 bits per heavy atom. The quantitative estimate of drug-likeness (QED) is 0.0273. The minimum Gasteiger partial charge on any atom is -0.756 e. The fraction of sp³-hybridized carbons (Fsp3) is 0.788. The molecule has 0 saturated heterocycles. The van der Waals surface area contributed by atoms with Crippen LogP contribution in [0.5, 0.6) is 0 Å². The van der Waals surface area contributed by atoms with Crippen LogP contribution < -0.4 is 10.2 Å². The van der Waals surface area contributed by atoms with Crippen LogP contribution in [-0.2, 0) is 18.4 Å². The highest BCUT2D eigenvalue weighted by Crippen LogP contribution is 2.38. The SMILES string of the molecule is CC/C=C\C/C=C\C/C=C\C/C=C\CCCCCCCCCCCCC(=O)NC(COP(=O)([O-])OCC[N+](C)(C)C)C(O)/C=C/CCCCCCCCCCCCCCCC. The topological polar surface area (TPSA) is 108 Å². The van der Waals surface area contributed by atoms with Gasteiger partial charge in [0.1, 0.15) is 13.2 Å². The van der Waals surface area contributed by atoms with E-state index in [4.69, 9.17) is 9.05 Å². The summed E-state index contributed by atoms with van der Waals surface area (Å²) < 4.78 is 23.3. The molecule has 0 aliphatic carbocycles. The summed E-state index contributed by atoms with van der Waals surface area (Å²) in [5, 5.41) is 13.8. The Kier molecular flexibility index (Phi) is 42.2. The molecule has 356 valence electrons. The van der Waals surface area contributed by atoms with E-state index in [-0.39, 0.29) is 19.1 Å². The number of carbonyl (C=O) groups excluding carboxylic acids is 1. The third-order valence-electron chi connectivity index (χ3n) is 11.0. The zero-order chi connectivity index (χ0) is 45.0. The summed E-state index contributed by atoms with van der Waals surface area (Å²) in [6.45, 7) is 4.53. The lowest BCUT2D eigenvalue weighted by Gasteiger charge is -2.29. The smallest absolute Gasteiger partial charge is 0.268 e. The highest BCUT2D eigenvalue weighted by molar-refractivity contribution is 7.45. The van der Waals surface area contributed by atoms with E-state index >= 15 is 0 Å². The van der Waals surface area contributed by atoms with Crippen LogP contribution in [0.25, 0.3) is 0 Å². The highest BCUT2D eigenvalue weighted by atomic mass is 31.2. The average Bonchev–Trinajstić information content (AvgIpc) is 3.21. The van der Waals surface area contributed by atoms with Crippen molar-refractivity contribution < 1.29 is 32.9 Å². The maximum Gasteiger partial charge on any atom is 0.268 e.